The summed E-state index contributed by atoms with van der Waals surface area (Å²) < 4.78 is 22.4. The first-order valence-electron chi connectivity index (χ1n) is 9.85. The first kappa shape index (κ1) is 20.6. The smallest absolute Gasteiger partial charge is 0.384 e. The quantitative estimate of drug-likeness (QED) is 0.221. The van der Waals surface area contributed by atoms with Crippen LogP contribution in [0.25, 0.3) is 0 Å². The molecule has 0 aliphatic heterocycles. The van der Waals surface area contributed by atoms with Crippen LogP contribution in [0.3, 0.4) is 0 Å². The molecule has 9 heteroatoms. The summed E-state index contributed by atoms with van der Waals surface area (Å²) in [4.78, 5) is 30.7. The Hall–Kier alpha value is -0.630. The van der Waals surface area contributed by atoms with Crippen molar-refractivity contribution in [2.75, 3.05) is 12.4 Å². The Kier molecular flexibility index (Phi) is 6.08. The van der Waals surface area contributed by atoms with Crippen molar-refractivity contribution in [1.29, 1.82) is 0 Å². The highest BCUT2D eigenvalue weighted by molar-refractivity contribution is 8.54. The molecule has 0 aromatic heterocycles. The molecule has 0 heterocycles. The zero-order valence-corrected chi connectivity index (χ0v) is 17.2. The highest BCUT2D eigenvalue weighted by atomic mass is 32.7. The fraction of sp³-hybridized carbons (Fsp3) is 0.737. The number of hydrogen-bond donors (Lipinski definition) is 3. The molecule has 0 aromatic rings. The van der Waals surface area contributed by atoms with Crippen molar-refractivity contribution in [1.82, 2.24) is 0 Å². The number of aliphatic hydroxyl groups is 1. The van der Waals surface area contributed by atoms with E-state index in [1.54, 1.807) is 0 Å². The minimum Gasteiger partial charge on any atom is -0.463 e. The number of hydrogen-bond acceptors (Lipinski definition) is 6. The molecule has 2 saturated carbocycles. The lowest BCUT2D eigenvalue weighted by molar-refractivity contribution is -0.183. The number of rotatable bonds is 9. The normalized spacial score (nSPS) is 37.5. The molecule has 8 unspecified atom stereocenters. The largest absolute Gasteiger partial charge is 0.463 e. The molecule has 4 bridgehead atoms. The van der Waals surface area contributed by atoms with Gasteiger partial charge < -0.3 is 24.4 Å². The first-order valence-corrected chi connectivity index (χ1v) is 13.1. The Bertz CT molecular complexity index is 704. The molecule has 4 rings (SSSR count). The van der Waals surface area contributed by atoms with Crippen LogP contribution in [-0.4, -0.2) is 45.6 Å². The van der Waals surface area contributed by atoms with Gasteiger partial charge in [-0.3, -0.25) is 4.79 Å². The average molecular weight is 430 g/mol. The van der Waals surface area contributed by atoms with Crippen molar-refractivity contribution < 1.29 is 33.7 Å². The van der Waals surface area contributed by atoms with E-state index in [1.165, 1.54) is 0 Å². The molecule has 4 aliphatic carbocycles. The molecule has 8 atom stereocenters. The van der Waals surface area contributed by atoms with Crippen LogP contribution in [0.15, 0.2) is 24.3 Å². The fourth-order valence-corrected chi connectivity index (χ4v) is 6.71. The maximum Gasteiger partial charge on any atom is 0.384 e. The topological polar surface area (TPSA) is 113 Å². The van der Waals surface area contributed by atoms with E-state index in [4.69, 9.17) is 19.3 Å². The number of carbonyl (C=O) groups excluding carboxylic acids is 1. The van der Waals surface area contributed by atoms with Crippen LogP contribution in [0, 0.1) is 35.5 Å². The number of aliphatic hydroxyl groups excluding tert-OH is 1. The van der Waals surface area contributed by atoms with Crippen LogP contribution in [0.2, 0.25) is 0 Å². The Morgan fingerprint density at radius 2 is 1.75 bits per heavy atom. The summed E-state index contributed by atoms with van der Waals surface area (Å²) in [6.07, 6.45) is 10.3. The summed E-state index contributed by atoms with van der Waals surface area (Å²) in [5.74, 6) is 0.916. The predicted octanol–water partition coefficient (Wildman–Crippen LogP) is 2.48. The number of fused-ring (bicyclic) bond motifs is 4. The third-order valence-electron chi connectivity index (χ3n) is 6.45. The van der Waals surface area contributed by atoms with E-state index in [0.717, 1.165) is 25.7 Å². The standard InChI is InChI=1S/C19H27O7PS/c20-18(16-7-11-1-3-13(16)5-11)25-9-15(10-28-27(22,23)24)26-19(21)17-8-12-2-4-14(17)6-12/h1-4,11-17,19,21H,5-10H2,(H2,22,23,24). The molecular weight excluding hydrogens is 403 g/mol. The molecule has 156 valence electrons. The van der Waals surface area contributed by atoms with E-state index in [-0.39, 0.29) is 42.0 Å². The van der Waals surface area contributed by atoms with Gasteiger partial charge >= 0.3 is 12.8 Å². The summed E-state index contributed by atoms with van der Waals surface area (Å²) >= 11 is 0.452. The summed E-state index contributed by atoms with van der Waals surface area (Å²) in [6, 6.07) is 0. The van der Waals surface area contributed by atoms with Gasteiger partial charge in [-0.2, -0.15) is 0 Å². The molecule has 28 heavy (non-hydrogen) atoms. The third-order valence-corrected chi connectivity index (χ3v) is 8.76. The van der Waals surface area contributed by atoms with Gasteiger partial charge in [0, 0.05) is 11.7 Å². The van der Waals surface area contributed by atoms with Crippen LogP contribution in [0.5, 0.6) is 0 Å². The molecule has 0 spiro atoms. The Labute approximate surface area is 168 Å². The van der Waals surface area contributed by atoms with Gasteiger partial charge in [0.15, 0.2) is 6.29 Å². The third kappa shape index (κ3) is 4.74. The van der Waals surface area contributed by atoms with Gasteiger partial charge in [0.25, 0.3) is 0 Å². The Balaban J connectivity index is 1.32. The van der Waals surface area contributed by atoms with E-state index >= 15 is 0 Å². The molecule has 0 amide bonds. The van der Waals surface area contributed by atoms with Crippen molar-refractivity contribution in [2.45, 2.75) is 38.1 Å². The minimum atomic E-state index is -4.28. The summed E-state index contributed by atoms with van der Waals surface area (Å²) in [7, 11) is 0. The fourth-order valence-electron chi connectivity index (χ4n) is 5.09. The molecule has 0 radical (unpaired) electrons. The molecule has 3 N–H and O–H groups in total. The van der Waals surface area contributed by atoms with Gasteiger partial charge in [-0.1, -0.05) is 24.3 Å². The predicted molar refractivity (Wildman–Crippen MR) is 104 cm³/mol. The van der Waals surface area contributed by atoms with Crippen LogP contribution in [0.4, 0.5) is 0 Å². The van der Waals surface area contributed by atoms with E-state index in [2.05, 4.69) is 24.3 Å². The van der Waals surface area contributed by atoms with E-state index in [9.17, 15) is 14.5 Å². The Morgan fingerprint density at radius 3 is 2.29 bits per heavy atom. The van der Waals surface area contributed by atoms with Gasteiger partial charge in [0.1, 0.15) is 12.7 Å². The minimum absolute atomic E-state index is 0.0241. The lowest BCUT2D eigenvalue weighted by Crippen LogP contribution is -2.36. The maximum atomic E-state index is 12.4. The van der Waals surface area contributed by atoms with Crippen molar-refractivity contribution in [3.8, 4) is 0 Å². The highest BCUT2D eigenvalue weighted by Crippen LogP contribution is 2.51. The van der Waals surface area contributed by atoms with E-state index in [0.29, 0.717) is 23.2 Å². The van der Waals surface area contributed by atoms with Gasteiger partial charge in [-0.15, -0.1) is 0 Å². The second-order valence-electron chi connectivity index (χ2n) is 8.40. The zero-order chi connectivity index (χ0) is 19.9. The van der Waals surface area contributed by atoms with Crippen molar-refractivity contribution in [2.24, 2.45) is 35.5 Å². The lowest BCUT2D eigenvalue weighted by Gasteiger charge is -2.28. The summed E-state index contributed by atoms with van der Waals surface area (Å²) in [5.41, 5.74) is 0. The average Bonchev–Trinajstić information content (AvgIpc) is 3.43. The van der Waals surface area contributed by atoms with Gasteiger partial charge in [0.05, 0.1) is 5.92 Å². The number of ether oxygens (including phenoxy) is 2. The second kappa shape index (κ2) is 8.25. The van der Waals surface area contributed by atoms with Crippen molar-refractivity contribution >= 4 is 24.1 Å². The van der Waals surface area contributed by atoms with Crippen molar-refractivity contribution in [3.05, 3.63) is 24.3 Å². The maximum absolute atomic E-state index is 12.4. The number of esters is 1. The molecular formula is C19H27O7PS. The van der Waals surface area contributed by atoms with Gasteiger partial charge in [-0.05, 0) is 60.7 Å². The first-order chi connectivity index (χ1) is 13.3. The lowest BCUT2D eigenvalue weighted by atomic mass is 9.93. The highest BCUT2D eigenvalue weighted by Gasteiger charge is 2.42. The van der Waals surface area contributed by atoms with Crippen LogP contribution in [-0.2, 0) is 18.8 Å². The van der Waals surface area contributed by atoms with Crippen molar-refractivity contribution in [3.63, 3.8) is 0 Å². The molecule has 0 saturated heterocycles. The molecule has 4 aliphatic rings. The van der Waals surface area contributed by atoms with Gasteiger partial charge in [-0.25, -0.2) is 4.57 Å². The molecule has 7 nitrogen and oxygen atoms in total. The van der Waals surface area contributed by atoms with E-state index < -0.39 is 19.2 Å². The van der Waals surface area contributed by atoms with Crippen LogP contribution in [0.1, 0.15) is 25.7 Å². The SMILES string of the molecule is O=C(OCC(CSP(=O)(O)O)OC(O)C1CC2C=CC1C2)C1CC2C=CC1C2. The monoisotopic (exact) mass is 430 g/mol. The molecule has 0 aromatic carbocycles. The summed E-state index contributed by atoms with van der Waals surface area (Å²) in [5, 5.41) is 10.5. The Morgan fingerprint density at radius 1 is 1.07 bits per heavy atom. The number of allylic oxidation sites excluding steroid dienone is 4. The van der Waals surface area contributed by atoms with Crippen LogP contribution >= 0.6 is 18.2 Å². The van der Waals surface area contributed by atoms with E-state index in [1.807, 2.05) is 0 Å². The zero-order valence-electron chi connectivity index (χ0n) is 15.5. The molecule has 2 fully saturated rings. The summed E-state index contributed by atoms with van der Waals surface area (Å²) in [6.45, 7) is -4.40. The van der Waals surface area contributed by atoms with Gasteiger partial charge in [0.2, 0.25) is 0 Å². The number of carbonyl (C=O) groups is 1. The van der Waals surface area contributed by atoms with Crippen LogP contribution < -0.4 is 0 Å². The second-order valence-corrected chi connectivity index (χ2v) is 12.2.